The number of rotatable bonds is 2. The molecule has 0 radical (unpaired) electrons. The van der Waals surface area contributed by atoms with Crippen LogP contribution in [0.3, 0.4) is 0 Å². The van der Waals surface area contributed by atoms with Crippen LogP contribution in [0.5, 0.6) is 0 Å². The van der Waals surface area contributed by atoms with Gasteiger partial charge in [0.15, 0.2) is 5.82 Å². The molecule has 0 amide bonds. The van der Waals surface area contributed by atoms with E-state index in [9.17, 15) is 0 Å². The molecule has 2 heterocycles. The fourth-order valence-electron chi connectivity index (χ4n) is 2.76. The van der Waals surface area contributed by atoms with Crippen molar-refractivity contribution in [3.8, 4) is 0 Å². The van der Waals surface area contributed by atoms with Gasteiger partial charge in [0.1, 0.15) is 0 Å². The van der Waals surface area contributed by atoms with Crippen LogP contribution in [0.15, 0.2) is 24.3 Å². The van der Waals surface area contributed by atoms with Gasteiger partial charge in [0.25, 0.3) is 0 Å². The Morgan fingerprint density at radius 2 is 2.00 bits per heavy atom. The van der Waals surface area contributed by atoms with Crippen LogP contribution in [0.2, 0.25) is 0 Å². The van der Waals surface area contributed by atoms with Crippen molar-refractivity contribution in [3.63, 3.8) is 0 Å². The normalized spacial score (nSPS) is 23.5. The van der Waals surface area contributed by atoms with E-state index < -0.39 is 0 Å². The molecule has 2 aromatic rings. The maximum Gasteiger partial charge on any atom is 0.156 e. The molecule has 0 spiro atoms. The molecule has 100 valence electrons. The van der Waals surface area contributed by atoms with E-state index in [1.54, 1.807) is 0 Å². The van der Waals surface area contributed by atoms with Gasteiger partial charge in [0, 0.05) is 22.9 Å². The number of nitrogens with zero attached hydrogens (tertiary/aromatic N) is 2. The van der Waals surface area contributed by atoms with Gasteiger partial charge in [0.2, 0.25) is 0 Å². The van der Waals surface area contributed by atoms with Crippen molar-refractivity contribution in [1.29, 1.82) is 0 Å². The second kappa shape index (κ2) is 5.13. The van der Waals surface area contributed by atoms with E-state index in [1.807, 2.05) is 13.0 Å². The number of piperidine rings is 1. The highest BCUT2D eigenvalue weighted by molar-refractivity contribution is 5.92. The molecule has 0 aliphatic carbocycles. The SMILES string of the molecule is Cc1nnc(NC2CCCNC2C)c2ccccc12. The molecule has 1 aromatic heterocycles. The first kappa shape index (κ1) is 12.4. The third-order valence-electron chi connectivity index (χ3n) is 3.96. The molecule has 1 aliphatic rings. The van der Waals surface area contributed by atoms with E-state index in [4.69, 9.17) is 0 Å². The molecule has 1 fully saturated rings. The molecule has 2 N–H and O–H groups in total. The minimum atomic E-state index is 0.425. The topological polar surface area (TPSA) is 49.8 Å². The lowest BCUT2D eigenvalue weighted by atomic mass is 9.99. The Labute approximate surface area is 113 Å². The first-order valence-corrected chi connectivity index (χ1v) is 6.97. The van der Waals surface area contributed by atoms with E-state index in [1.165, 1.54) is 18.2 Å². The van der Waals surface area contributed by atoms with Crippen molar-refractivity contribution in [2.75, 3.05) is 11.9 Å². The Hall–Kier alpha value is -1.68. The summed E-state index contributed by atoms with van der Waals surface area (Å²) in [5.74, 6) is 0.904. The molecule has 2 unspecified atom stereocenters. The van der Waals surface area contributed by atoms with Crippen LogP contribution < -0.4 is 10.6 Å². The Kier molecular flexibility index (Phi) is 3.34. The maximum atomic E-state index is 4.35. The number of aromatic nitrogens is 2. The van der Waals surface area contributed by atoms with E-state index >= 15 is 0 Å². The smallest absolute Gasteiger partial charge is 0.156 e. The second-order valence-electron chi connectivity index (χ2n) is 5.32. The summed E-state index contributed by atoms with van der Waals surface area (Å²) in [6.45, 7) is 5.34. The van der Waals surface area contributed by atoms with Gasteiger partial charge in [-0.1, -0.05) is 24.3 Å². The summed E-state index contributed by atoms with van der Waals surface area (Å²) in [7, 11) is 0. The predicted octanol–water partition coefficient (Wildman–Crippen LogP) is 2.49. The fourth-order valence-corrected chi connectivity index (χ4v) is 2.76. The van der Waals surface area contributed by atoms with Gasteiger partial charge in [-0.25, -0.2) is 0 Å². The minimum absolute atomic E-state index is 0.425. The monoisotopic (exact) mass is 256 g/mol. The summed E-state index contributed by atoms with van der Waals surface area (Å²) in [6.07, 6.45) is 2.39. The molecule has 3 rings (SSSR count). The van der Waals surface area contributed by atoms with Gasteiger partial charge in [-0.15, -0.1) is 5.10 Å². The molecule has 1 saturated heterocycles. The second-order valence-corrected chi connectivity index (χ2v) is 5.32. The van der Waals surface area contributed by atoms with E-state index in [2.05, 4.69) is 46.0 Å². The molecular weight excluding hydrogens is 236 g/mol. The van der Waals surface area contributed by atoms with Crippen molar-refractivity contribution in [2.45, 2.75) is 38.8 Å². The van der Waals surface area contributed by atoms with Crippen LogP contribution in [-0.4, -0.2) is 28.8 Å². The highest BCUT2D eigenvalue weighted by Crippen LogP contribution is 2.24. The molecule has 1 aliphatic heterocycles. The van der Waals surface area contributed by atoms with Gasteiger partial charge in [-0.3, -0.25) is 0 Å². The lowest BCUT2D eigenvalue weighted by molar-refractivity contribution is 0.389. The summed E-state index contributed by atoms with van der Waals surface area (Å²) in [4.78, 5) is 0. The van der Waals surface area contributed by atoms with Crippen LogP contribution in [-0.2, 0) is 0 Å². The van der Waals surface area contributed by atoms with Gasteiger partial charge in [0.05, 0.1) is 5.69 Å². The standard InChI is InChI=1S/C15H20N4/c1-10-12-6-3-4-7-13(12)15(19-18-10)17-14-8-5-9-16-11(14)2/h3-4,6-7,11,14,16H,5,8-9H2,1-2H3,(H,17,19). The van der Waals surface area contributed by atoms with Crippen LogP contribution in [0.25, 0.3) is 10.8 Å². The largest absolute Gasteiger partial charge is 0.364 e. The number of hydrogen-bond donors (Lipinski definition) is 2. The Bertz CT molecular complexity index is 581. The zero-order valence-electron chi connectivity index (χ0n) is 11.5. The summed E-state index contributed by atoms with van der Waals surface area (Å²) < 4.78 is 0. The maximum absolute atomic E-state index is 4.35. The molecular formula is C15H20N4. The molecule has 2 atom stereocenters. The summed E-state index contributed by atoms with van der Waals surface area (Å²) in [5, 5.41) is 18.0. The number of nitrogens with one attached hydrogen (secondary N) is 2. The third-order valence-corrected chi connectivity index (χ3v) is 3.96. The zero-order valence-corrected chi connectivity index (χ0v) is 11.5. The number of fused-ring (bicyclic) bond motifs is 1. The Morgan fingerprint density at radius 1 is 1.21 bits per heavy atom. The lowest BCUT2D eigenvalue weighted by Crippen LogP contribution is -2.46. The van der Waals surface area contributed by atoms with Gasteiger partial charge in [-0.2, -0.15) is 5.10 Å². The van der Waals surface area contributed by atoms with Crippen LogP contribution in [0.4, 0.5) is 5.82 Å². The lowest BCUT2D eigenvalue weighted by Gasteiger charge is -2.31. The third kappa shape index (κ3) is 2.40. The van der Waals surface area contributed by atoms with Crippen molar-refractivity contribution in [3.05, 3.63) is 30.0 Å². The van der Waals surface area contributed by atoms with Crippen molar-refractivity contribution < 1.29 is 0 Å². The number of aryl methyl sites for hydroxylation is 1. The molecule has 19 heavy (non-hydrogen) atoms. The van der Waals surface area contributed by atoms with E-state index in [0.717, 1.165) is 23.4 Å². The van der Waals surface area contributed by atoms with Gasteiger partial charge >= 0.3 is 0 Å². The van der Waals surface area contributed by atoms with Crippen LogP contribution >= 0.6 is 0 Å². The summed E-state index contributed by atoms with van der Waals surface area (Å²) in [5.41, 5.74) is 0.982. The van der Waals surface area contributed by atoms with Crippen LogP contribution in [0.1, 0.15) is 25.5 Å². The van der Waals surface area contributed by atoms with E-state index in [0.29, 0.717) is 12.1 Å². The highest BCUT2D eigenvalue weighted by Gasteiger charge is 2.21. The molecule has 1 aromatic carbocycles. The Balaban J connectivity index is 1.94. The number of benzene rings is 1. The quantitative estimate of drug-likeness (QED) is 0.866. The fraction of sp³-hybridized carbons (Fsp3) is 0.467. The molecule has 4 heteroatoms. The Morgan fingerprint density at radius 3 is 2.79 bits per heavy atom. The first-order valence-electron chi connectivity index (χ1n) is 6.97. The number of anilines is 1. The van der Waals surface area contributed by atoms with Crippen LogP contribution in [0, 0.1) is 6.92 Å². The molecule has 0 bridgehead atoms. The zero-order chi connectivity index (χ0) is 13.2. The minimum Gasteiger partial charge on any atom is -0.364 e. The van der Waals surface area contributed by atoms with E-state index in [-0.39, 0.29) is 0 Å². The van der Waals surface area contributed by atoms with Crippen molar-refractivity contribution in [2.24, 2.45) is 0 Å². The highest BCUT2D eigenvalue weighted by atomic mass is 15.2. The predicted molar refractivity (Wildman–Crippen MR) is 78.4 cm³/mol. The average molecular weight is 256 g/mol. The van der Waals surface area contributed by atoms with Crippen molar-refractivity contribution >= 4 is 16.6 Å². The number of hydrogen-bond acceptors (Lipinski definition) is 4. The van der Waals surface area contributed by atoms with Crippen molar-refractivity contribution in [1.82, 2.24) is 15.5 Å². The average Bonchev–Trinajstić information content (AvgIpc) is 2.44. The van der Waals surface area contributed by atoms with Gasteiger partial charge in [-0.05, 0) is 33.2 Å². The first-order chi connectivity index (χ1) is 9.25. The summed E-state index contributed by atoms with van der Waals surface area (Å²) >= 11 is 0. The molecule has 0 saturated carbocycles. The molecule has 4 nitrogen and oxygen atoms in total. The summed E-state index contributed by atoms with van der Waals surface area (Å²) in [6, 6.07) is 9.21. The van der Waals surface area contributed by atoms with Gasteiger partial charge < -0.3 is 10.6 Å².